The van der Waals surface area contributed by atoms with Crippen molar-refractivity contribution in [3.63, 3.8) is 0 Å². The van der Waals surface area contributed by atoms with Gasteiger partial charge in [0.25, 0.3) is 0 Å². The summed E-state index contributed by atoms with van der Waals surface area (Å²) in [6.45, 7) is 7.80. The van der Waals surface area contributed by atoms with Crippen molar-refractivity contribution < 1.29 is 4.74 Å². The van der Waals surface area contributed by atoms with Crippen LogP contribution in [0, 0.1) is 0 Å². The minimum Gasteiger partial charge on any atom is -0.476 e. The number of aromatic nitrogens is 2. The number of anilines is 2. The quantitative estimate of drug-likeness (QED) is 0.878. The van der Waals surface area contributed by atoms with Crippen molar-refractivity contribution in [3.05, 3.63) is 6.33 Å². The van der Waals surface area contributed by atoms with Gasteiger partial charge in [0.1, 0.15) is 12.0 Å². The maximum absolute atomic E-state index is 6.17. The summed E-state index contributed by atoms with van der Waals surface area (Å²) in [6, 6.07) is 0.540. The topological polar surface area (TPSA) is 67.5 Å². The third kappa shape index (κ3) is 3.12. The summed E-state index contributed by atoms with van der Waals surface area (Å²) in [7, 11) is 2.17. The first-order valence-electron chi connectivity index (χ1n) is 7.35. The van der Waals surface area contributed by atoms with Crippen LogP contribution in [0.1, 0.15) is 26.7 Å². The Morgan fingerprint density at radius 2 is 2.15 bits per heavy atom. The maximum atomic E-state index is 6.17. The van der Waals surface area contributed by atoms with Gasteiger partial charge in [-0.15, -0.1) is 0 Å². The summed E-state index contributed by atoms with van der Waals surface area (Å²) in [5.74, 6) is 1.31. The Kier molecular flexibility index (Phi) is 5.00. The molecule has 1 aliphatic rings. The zero-order chi connectivity index (χ0) is 14.5. The fraction of sp³-hybridized carbons (Fsp3) is 0.714. The molecule has 2 heterocycles. The molecule has 0 spiro atoms. The molecule has 0 saturated carbocycles. The molecule has 112 valence electrons. The van der Waals surface area contributed by atoms with E-state index in [9.17, 15) is 0 Å². The molecule has 0 aromatic carbocycles. The summed E-state index contributed by atoms with van der Waals surface area (Å²) < 4.78 is 5.58. The zero-order valence-corrected chi connectivity index (χ0v) is 12.7. The maximum Gasteiger partial charge on any atom is 0.242 e. The van der Waals surface area contributed by atoms with E-state index in [2.05, 4.69) is 40.7 Å². The van der Waals surface area contributed by atoms with Crippen LogP contribution in [-0.4, -0.2) is 54.2 Å². The van der Waals surface area contributed by atoms with Crippen molar-refractivity contribution in [1.29, 1.82) is 0 Å². The first kappa shape index (κ1) is 14.8. The molecule has 1 unspecified atom stereocenters. The van der Waals surface area contributed by atoms with Crippen LogP contribution >= 0.6 is 0 Å². The fourth-order valence-corrected chi connectivity index (χ4v) is 2.52. The van der Waals surface area contributed by atoms with E-state index in [0.29, 0.717) is 24.2 Å². The lowest BCUT2D eigenvalue weighted by Crippen LogP contribution is -2.51. The van der Waals surface area contributed by atoms with Gasteiger partial charge in [-0.1, -0.05) is 13.8 Å². The predicted octanol–water partition coefficient (Wildman–Crippen LogP) is 1.38. The van der Waals surface area contributed by atoms with Crippen LogP contribution in [0.5, 0.6) is 5.88 Å². The molecular weight excluding hydrogens is 254 g/mol. The smallest absolute Gasteiger partial charge is 0.242 e. The normalized spacial score (nSPS) is 20.1. The summed E-state index contributed by atoms with van der Waals surface area (Å²) in [5.41, 5.74) is 6.73. The molecule has 20 heavy (non-hydrogen) atoms. The number of ether oxygens (including phenoxy) is 1. The van der Waals surface area contributed by atoms with Gasteiger partial charge in [0.2, 0.25) is 5.88 Å². The highest BCUT2D eigenvalue weighted by Gasteiger charge is 2.25. The number of hydrogen-bond acceptors (Lipinski definition) is 6. The number of nitrogens with two attached hydrogens (primary N) is 1. The van der Waals surface area contributed by atoms with Gasteiger partial charge in [-0.3, -0.25) is 4.90 Å². The summed E-state index contributed by atoms with van der Waals surface area (Å²) in [6.07, 6.45) is 3.60. The monoisotopic (exact) mass is 279 g/mol. The molecule has 2 N–H and O–H groups in total. The summed E-state index contributed by atoms with van der Waals surface area (Å²) >= 11 is 0. The summed E-state index contributed by atoms with van der Waals surface area (Å²) in [5, 5.41) is 0. The number of likely N-dealkylation sites (N-methyl/N-ethyl adjacent to an activating group) is 1. The Balaban J connectivity index is 2.16. The summed E-state index contributed by atoms with van der Waals surface area (Å²) in [4.78, 5) is 13.1. The van der Waals surface area contributed by atoms with Crippen molar-refractivity contribution in [2.45, 2.75) is 32.7 Å². The molecule has 1 atom stereocenters. The molecule has 0 bridgehead atoms. The van der Waals surface area contributed by atoms with E-state index in [1.807, 2.05) is 0 Å². The first-order chi connectivity index (χ1) is 9.67. The van der Waals surface area contributed by atoms with Crippen molar-refractivity contribution in [2.24, 2.45) is 0 Å². The lowest BCUT2D eigenvalue weighted by atomic mass is 10.1. The van der Waals surface area contributed by atoms with Crippen LogP contribution in [-0.2, 0) is 0 Å². The Hall–Kier alpha value is -1.56. The molecule has 1 aromatic rings. The average molecular weight is 279 g/mol. The molecule has 6 nitrogen and oxygen atoms in total. The van der Waals surface area contributed by atoms with E-state index in [1.54, 1.807) is 0 Å². The molecular formula is C14H25N5O. The minimum atomic E-state index is 0.504. The van der Waals surface area contributed by atoms with Gasteiger partial charge in [0.05, 0.1) is 6.61 Å². The van der Waals surface area contributed by atoms with Crippen LogP contribution in [0.2, 0.25) is 0 Å². The van der Waals surface area contributed by atoms with Crippen molar-refractivity contribution in [2.75, 3.05) is 43.9 Å². The predicted molar refractivity (Wildman–Crippen MR) is 81.2 cm³/mol. The van der Waals surface area contributed by atoms with Crippen molar-refractivity contribution in [1.82, 2.24) is 14.9 Å². The Morgan fingerprint density at radius 3 is 2.85 bits per heavy atom. The highest BCUT2D eigenvalue weighted by Crippen LogP contribution is 2.29. The Labute approximate surface area is 120 Å². The molecule has 1 aliphatic heterocycles. The van der Waals surface area contributed by atoms with Gasteiger partial charge in [-0.25, -0.2) is 4.98 Å². The molecule has 0 amide bonds. The van der Waals surface area contributed by atoms with Gasteiger partial charge < -0.3 is 15.4 Å². The van der Waals surface area contributed by atoms with Gasteiger partial charge in [-0.05, 0) is 19.9 Å². The second-order valence-electron chi connectivity index (χ2n) is 5.25. The van der Waals surface area contributed by atoms with Gasteiger partial charge in [0.15, 0.2) is 5.82 Å². The second kappa shape index (κ2) is 6.74. The highest BCUT2D eigenvalue weighted by molar-refractivity contribution is 5.68. The molecule has 1 saturated heterocycles. The number of rotatable bonds is 5. The zero-order valence-electron chi connectivity index (χ0n) is 12.7. The number of piperazine rings is 1. The van der Waals surface area contributed by atoms with Gasteiger partial charge >= 0.3 is 0 Å². The average Bonchev–Trinajstić information content (AvgIpc) is 2.47. The van der Waals surface area contributed by atoms with Crippen LogP contribution < -0.4 is 15.4 Å². The third-order valence-electron chi connectivity index (χ3n) is 3.82. The van der Waals surface area contributed by atoms with Crippen LogP contribution in [0.25, 0.3) is 0 Å². The molecule has 0 aliphatic carbocycles. The third-order valence-corrected chi connectivity index (χ3v) is 3.82. The molecule has 2 rings (SSSR count). The second-order valence-corrected chi connectivity index (χ2v) is 5.25. The SMILES string of the molecule is CCCOc1ncnc(N2CCN(C)C(CC)C2)c1N. The van der Waals surface area contributed by atoms with Crippen LogP contribution in [0.15, 0.2) is 6.33 Å². The minimum absolute atomic E-state index is 0.504. The van der Waals surface area contributed by atoms with Crippen molar-refractivity contribution in [3.8, 4) is 5.88 Å². The first-order valence-corrected chi connectivity index (χ1v) is 7.35. The fourth-order valence-electron chi connectivity index (χ4n) is 2.52. The highest BCUT2D eigenvalue weighted by atomic mass is 16.5. The number of nitrogen functional groups attached to an aromatic ring is 1. The standard InChI is InChI=1S/C14H25N5O/c1-4-8-20-14-12(15)13(16-10-17-14)19-7-6-18(3)11(5-2)9-19/h10-11H,4-9,15H2,1-3H3. The number of nitrogens with zero attached hydrogens (tertiary/aromatic N) is 4. The van der Waals surface area contributed by atoms with E-state index in [4.69, 9.17) is 10.5 Å². The number of hydrogen-bond donors (Lipinski definition) is 1. The van der Waals surface area contributed by atoms with Crippen LogP contribution in [0.4, 0.5) is 11.5 Å². The Morgan fingerprint density at radius 1 is 1.35 bits per heavy atom. The van der Waals surface area contributed by atoms with Crippen LogP contribution in [0.3, 0.4) is 0 Å². The Bertz CT molecular complexity index is 440. The van der Waals surface area contributed by atoms with E-state index < -0.39 is 0 Å². The van der Waals surface area contributed by atoms with E-state index in [1.165, 1.54) is 6.33 Å². The van der Waals surface area contributed by atoms with E-state index >= 15 is 0 Å². The van der Waals surface area contributed by atoms with E-state index in [-0.39, 0.29) is 0 Å². The lowest BCUT2D eigenvalue weighted by molar-refractivity contribution is 0.213. The van der Waals surface area contributed by atoms with E-state index in [0.717, 1.165) is 38.3 Å². The van der Waals surface area contributed by atoms with Gasteiger partial charge in [0, 0.05) is 25.7 Å². The molecule has 6 heteroatoms. The van der Waals surface area contributed by atoms with Gasteiger partial charge in [-0.2, -0.15) is 4.98 Å². The molecule has 1 fully saturated rings. The largest absolute Gasteiger partial charge is 0.476 e. The lowest BCUT2D eigenvalue weighted by Gasteiger charge is -2.40. The molecule has 1 aromatic heterocycles. The van der Waals surface area contributed by atoms with Crippen molar-refractivity contribution >= 4 is 11.5 Å². The molecule has 0 radical (unpaired) electrons.